The van der Waals surface area contributed by atoms with E-state index in [9.17, 15) is 4.79 Å². The van der Waals surface area contributed by atoms with E-state index in [0.717, 1.165) is 37.3 Å². The van der Waals surface area contributed by atoms with Crippen molar-refractivity contribution in [1.82, 2.24) is 19.4 Å². The number of nitrogens with zero attached hydrogens (tertiary/aromatic N) is 4. The normalized spacial score (nSPS) is 16.9. The van der Waals surface area contributed by atoms with Crippen LogP contribution in [-0.2, 0) is 13.0 Å². The van der Waals surface area contributed by atoms with Crippen LogP contribution < -0.4 is 5.32 Å². The van der Waals surface area contributed by atoms with Gasteiger partial charge in [-0.2, -0.15) is 0 Å². The Balaban J connectivity index is 1.55. The predicted octanol–water partition coefficient (Wildman–Crippen LogP) is 2.31. The number of hydrogen-bond acceptors (Lipinski definition) is 3. The quantitative estimate of drug-likeness (QED) is 0.946. The zero-order valence-electron chi connectivity index (χ0n) is 13.0. The summed E-state index contributed by atoms with van der Waals surface area (Å²) in [5, 5.41) is 2.84. The van der Waals surface area contributed by atoms with Crippen molar-refractivity contribution in [2.24, 2.45) is 5.92 Å². The molecule has 0 radical (unpaired) electrons. The summed E-state index contributed by atoms with van der Waals surface area (Å²) in [6.07, 6.45) is 7.56. The molecule has 1 atom stereocenters. The molecule has 1 aliphatic rings. The number of carbonyl (C=O) groups is 1. The maximum absolute atomic E-state index is 12.2. The molecule has 22 heavy (non-hydrogen) atoms. The Kier molecular flexibility index (Phi) is 4.09. The first-order valence-electron chi connectivity index (χ1n) is 7.56. The molecule has 0 saturated heterocycles. The van der Waals surface area contributed by atoms with Crippen LogP contribution in [0.3, 0.4) is 0 Å². The zero-order chi connectivity index (χ0) is 15.5. The summed E-state index contributed by atoms with van der Waals surface area (Å²) in [7, 11) is 1.83. The second-order valence-corrected chi connectivity index (χ2v) is 5.92. The van der Waals surface area contributed by atoms with Crippen molar-refractivity contribution in [3.8, 4) is 0 Å². The van der Waals surface area contributed by atoms with Gasteiger partial charge < -0.3 is 9.47 Å². The number of hydrogen-bond donors (Lipinski definition) is 1. The Labute approximate surface area is 130 Å². The van der Waals surface area contributed by atoms with Crippen LogP contribution in [0, 0.1) is 12.8 Å². The third kappa shape index (κ3) is 3.27. The van der Waals surface area contributed by atoms with Gasteiger partial charge in [0.15, 0.2) is 0 Å². The molecule has 0 unspecified atom stereocenters. The van der Waals surface area contributed by atoms with E-state index in [-0.39, 0.29) is 6.03 Å². The molecule has 3 heterocycles. The van der Waals surface area contributed by atoms with E-state index in [1.807, 2.05) is 38.5 Å². The van der Waals surface area contributed by atoms with Crippen molar-refractivity contribution >= 4 is 11.8 Å². The maximum atomic E-state index is 12.2. The molecule has 0 bridgehead atoms. The van der Waals surface area contributed by atoms with Gasteiger partial charge in [-0.05, 0) is 37.0 Å². The molecule has 2 aromatic heterocycles. The Hall–Kier alpha value is -2.37. The Bertz CT molecular complexity index is 666. The van der Waals surface area contributed by atoms with Crippen LogP contribution in [0.15, 0.2) is 30.7 Å². The highest BCUT2D eigenvalue weighted by molar-refractivity contribution is 5.88. The number of aromatic nitrogens is 3. The fourth-order valence-corrected chi connectivity index (χ4v) is 2.85. The average molecular weight is 299 g/mol. The van der Waals surface area contributed by atoms with Gasteiger partial charge in [-0.3, -0.25) is 5.32 Å². The SMILES string of the molecule is Cc1ccnc(NC(=O)N(C)C[C@H]2CCn3ccnc3C2)c1. The third-order valence-corrected chi connectivity index (χ3v) is 4.08. The summed E-state index contributed by atoms with van der Waals surface area (Å²) in [5.41, 5.74) is 1.08. The van der Waals surface area contributed by atoms with Gasteiger partial charge in [0.1, 0.15) is 11.6 Å². The number of rotatable bonds is 3. The molecule has 0 aromatic carbocycles. The molecule has 6 heteroatoms. The smallest absolute Gasteiger partial charge is 0.322 e. The first-order chi connectivity index (χ1) is 10.6. The van der Waals surface area contributed by atoms with Crippen LogP contribution in [-0.4, -0.2) is 39.1 Å². The van der Waals surface area contributed by atoms with Gasteiger partial charge in [-0.25, -0.2) is 14.8 Å². The minimum absolute atomic E-state index is 0.119. The standard InChI is InChI=1S/C16H21N5O/c1-12-3-5-17-14(9-12)19-16(22)20(2)11-13-4-7-21-8-6-18-15(21)10-13/h3,5-6,8-9,13H,4,7,10-11H2,1-2H3,(H,17,19,22)/t13-/m0/s1. The number of aryl methyl sites for hydroxylation is 2. The monoisotopic (exact) mass is 299 g/mol. The lowest BCUT2D eigenvalue weighted by molar-refractivity contribution is 0.207. The van der Waals surface area contributed by atoms with Crippen molar-refractivity contribution in [3.63, 3.8) is 0 Å². The Morgan fingerprint density at radius 1 is 1.45 bits per heavy atom. The maximum Gasteiger partial charge on any atom is 0.322 e. The topological polar surface area (TPSA) is 63.1 Å². The largest absolute Gasteiger partial charge is 0.335 e. The molecule has 2 aromatic rings. The Morgan fingerprint density at radius 3 is 3.14 bits per heavy atom. The summed E-state index contributed by atoms with van der Waals surface area (Å²) in [6.45, 7) is 3.69. The molecule has 0 saturated carbocycles. The van der Waals surface area contributed by atoms with Gasteiger partial charge in [-0.1, -0.05) is 0 Å². The molecule has 0 spiro atoms. The number of fused-ring (bicyclic) bond motifs is 1. The third-order valence-electron chi connectivity index (χ3n) is 4.08. The molecule has 2 amide bonds. The minimum Gasteiger partial charge on any atom is -0.335 e. The lowest BCUT2D eigenvalue weighted by atomic mass is 9.97. The summed E-state index contributed by atoms with van der Waals surface area (Å²) < 4.78 is 2.19. The fourth-order valence-electron chi connectivity index (χ4n) is 2.85. The van der Waals surface area contributed by atoms with Gasteiger partial charge in [0.05, 0.1) is 0 Å². The van der Waals surface area contributed by atoms with E-state index in [1.54, 1.807) is 11.1 Å². The molecule has 0 fully saturated rings. The van der Waals surface area contributed by atoms with E-state index in [1.165, 1.54) is 0 Å². The van der Waals surface area contributed by atoms with Gasteiger partial charge in [0.2, 0.25) is 0 Å². The van der Waals surface area contributed by atoms with Gasteiger partial charge in [0.25, 0.3) is 0 Å². The molecule has 116 valence electrons. The number of imidazole rings is 1. The second kappa shape index (κ2) is 6.17. The number of carbonyl (C=O) groups excluding carboxylic acids is 1. The van der Waals surface area contributed by atoms with Crippen LogP contribution in [0.25, 0.3) is 0 Å². The summed E-state index contributed by atoms with van der Waals surface area (Å²) >= 11 is 0. The molecule has 0 aliphatic carbocycles. The molecular weight excluding hydrogens is 278 g/mol. The summed E-state index contributed by atoms with van der Waals surface area (Å²) in [6, 6.07) is 3.65. The first-order valence-corrected chi connectivity index (χ1v) is 7.56. The fraction of sp³-hybridized carbons (Fsp3) is 0.438. The second-order valence-electron chi connectivity index (χ2n) is 5.92. The van der Waals surface area contributed by atoms with Crippen LogP contribution in [0.5, 0.6) is 0 Å². The van der Waals surface area contributed by atoms with E-state index < -0.39 is 0 Å². The van der Waals surface area contributed by atoms with E-state index >= 15 is 0 Å². The molecular formula is C16H21N5O. The number of nitrogens with one attached hydrogen (secondary N) is 1. The lowest BCUT2D eigenvalue weighted by Gasteiger charge is -2.27. The van der Waals surface area contributed by atoms with E-state index in [4.69, 9.17) is 0 Å². The summed E-state index contributed by atoms with van der Waals surface area (Å²) in [4.78, 5) is 22.5. The predicted molar refractivity (Wildman–Crippen MR) is 84.7 cm³/mol. The van der Waals surface area contributed by atoms with E-state index in [2.05, 4.69) is 19.9 Å². The molecule has 6 nitrogen and oxygen atoms in total. The summed E-state index contributed by atoms with van der Waals surface area (Å²) in [5.74, 6) is 2.16. The van der Waals surface area contributed by atoms with Gasteiger partial charge in [0, 0.05) is 45.1 Å². The Morgan fingerprint density at radius 2 is 2.32 bits per heavy atom. The van der Waals surface area contributed by atoms with E-state index in [0.29, 0.717) is 11.7 Å². The van der Waals surface area contributed by atoms with Crippen LogP contribution >= 0.6 is 0 Å². The molecule has 1 aliphatic heterocycles. The highest BCUT2D eigenvalue weighted by Gasteiger charge is 2.22. The van der Waals surface area contributed by atoms with Crippen molar-refractivity contribution in [3.05, 3.63) is 42.1 Å². The van der Waals surface area contributed by atoms with Crippen molar-refractivity contribution in [2.75, 3.05) is 18.9 Å². The lowest BCUT2D eigenvalue weighted by Crippen LogP contribution is -2.37. The van der Waals surface area contributed by atoms with Crippen LogP contribution in [0.2, 0.25) is 0 Å². The van der Waals surface area contributed by atoms with Gasteiger partial charge >= 0.3 is 6.03 Å². The number of amides is 2. The molecule has 1 N–H and O–H groups in total. The minimum atomic E-state index is -0.119. The first kappa shape index (κ1) is 14.6. The van der Waals surface area contributed by atoms with Crippen molar-refractivity contribution < 1.29 is 4.79 Å². The van der Waals surface area contributed by atoms with Crippen LogP contribution in [0.1, 0.15) is 17.8 Å². The van der Waals surface area contributed by atoms with Crippen molar-refractivity contribution in [2.45, 2.75) is 26.3 Å². The zero-order valence-corrected chi connectivity index (χ0v) is 13.0. The number of anilines is 1. The van der Waals surface area contributed by atoms with Gasteiger partial charge in [-0.15, -0.1) is 0 Å². The number of pyridine rings is 1. The highest BCUT2D eigenvalue weighted by atomic mass is 16.2. The van der Waals surface area contributed by atoms with Crippen molar-refractivity contribution in [1.29, 1.82) is 0 Å². The highest BCUT2D eigenvalue weighted by Crippen LogP contribution is 2.20. The average Bonchev–Trinajstić information content (AvgIpc) is 2.94. The number of urea groups is 1. The van der Waals surface area contributed by atoms with Crippen LogP contribution in [0.4, 0.5) is 10.6 Å². The molecule has 3 rings (SSSR count).